The molecule has 5 heteroatoms. The van der Waals surface area contributed by atoms with Crippen molar-refractivity contribution in [2.75, 3.05) is 31.7 Å². The van der Waals surface area contributed by atoms with Gasteiger partial charge in [-0.1, -0.05) is 0 Å². The van der Waals surface area contributed by atoms with Crippen LogP contribution in [0.4, 0.5) is 5.69 Å². The van der Waals surface area contributed by atoms with Gasteiger partial charge < -0.3 is 14.4 Å². The highest BCUT2D eigenvalue weighted by atomic mass is 16.5. The molecule has 0 bridgehead atoms. The van der Waals surface area contributed by atoms with Gasteiger partial charge in [0.25, 0.3) is 0 Å². The maximum Gasteiger partial charge on any atom is 0.238 e. The Labute approximate surface area is 112 Å². The van der Waals surface area contributed by atoms with Crippen LogP contribution in [0.1, 0.15) is 23.3 Å². The standard InChI is InChI=1S/C14H18N2O3/c1-18-12-6-16(7-12)13-5-4-11(8-17)15-14(13)19-9-10-2-3-10/h4-5,8,10,12H,2-3,6-7,9H2,1H3. The van der Waals surface area contributed by atoms with E-state index in [1.165, 1.54) is 12.8 Å². The van der Waals surface area contributed by atoms with Gasteiger partial charge in [0.1, 0.15) is 11.4 Å². The molecule has 0 aromatic carbocycles. The van der Waals surface area contributed by atoms with E-state index in [9.17, 15) is 4.79 Å². The van der Waals surface area contributed by atoms with E-state index < -0.39 is 0 Å². The second-order valence-electron chi connectivity index (χ2n) is 5.20. The Bertz CT molecular complexity index is 468. The van der Waals surface area contributed by atoms with Gasteiger partial charge in [0.2, 0.25) is 5.88 Å². The summed E-state index contributed by atoms with van der Waals surface area (Å²) in [4.78, 5) is 17.3. The lowest BCUT2D eigenvalue weighted by molar-refractivity contribution is 0.0782. The average molecular weight is 262 g/mol. The van der Waals surface area contributed by atoms with Crippen LogP contribution in [0.5, 0.6) is 5.88 Å². The lowest BCUT2D eigenvalue weighted by atomic mass is 10.1. The lowest BCUT2D eigenvalue weighted by Gasteiger charge is -2.40. The molecule has 0 atom stereocenters. The van der Waals surface area contributed by atoms with Gasteiger partial charge >= 0.3 is 0 Å². The molecule has 3 rings (SSSR count). The minimum absolute atomic E-state index is 0.280. The van der Waals surface area contributed by atoms with Crippen LogP contribution in [-0.4, -0.2) is 44.2 Å². The van der Waals surface area contributed by atoms with E-state index in [4.69, 9.17) is 9.47 Å². The summed E-state index contributed by atoms with van der Waals surface area (Å²) in [5, 5.41) is 0. The normalized spacial score (nSPS) is 19.1. The molecule has 0 radical (unpaired) electrons. The van der Waals surface area contributed by atoms with Crippen molar-refractivity contribution >= 4 is 12.0 Å². The van der Waals surface area contributed by atoms with Crippen LogP contribution in [0.25, 0.3) is 0 Å². The van der Waals surface area contributed by atoms with Crippen LogP contribution in [0.15, 0.2) is 12.1 Å². The number of rotatable bonds is 6. The number of pyridine rings is 1. The summed E-state index contributed by atoms with van der Waals surface area (Å²) in [7, 11) is 1.72. The van der Waals surface area contributed by atoms with Gasteiger partial charge in [-0.15, -0.1) is 0 Å². The molecule has 2 heterocycles. The van der Waals surface area contributed by atoms with Crippen LogP contribution in [0, 0.1) is 5.92 Å². The Hall–Kier alpha value is -1.62. The summed E-state index contributed by atoms with van der Waals surface area (Å²) in [5.41, 5.74) is 1.37. The summed E-state index contributed by atoms with van der Waals surface area (Å²) >= 11 is 0. The Morgan fingerprint density at radius 3 is 2.84 bits per heavy atom. The van der Waals surface area contributed by atoms with Gasteiger partial charge in [-0.3, -0.25) is 4.79 Å². The number of aromatic nitrogens is 1. The molecule has 2 fully saturated rings. The number of aldehydes is 1. The molecule has 0 unspecified atom stereocenters. The van der Waals surface area contributed by atoms with Crippen molar-refractivity contribution in [1.82, 2.24) is 4.98 Å². The molecule has 1 aliphatic carbocycles. The topological polar surface area (TPSA) is 51.7 Å². The molecule has 1 aliphatic heterocycles. The predicted octanol–water partition coefficient (Wildman–Crippen LogP) is 1.52. The minimum atomic E-state index is 0.280. The molecular formula is C14H18N2O3. The summed E-state index contributed by atoms with van der Waals surface area (Å²) in [6.07, 6.45) is 3.50. The molecule has 19 heavy (non-hydrogen) atoms. The van der Waals surface area contributed by atoms with E-state index in [1.54, 1.807) is 13.2 Å². The van der Waals surface area contributed by atoms with Crippen molar-refractivity contribution in [2.45, 2.75) is 18.9 Å². The highest BCUT2D eigenvalue weighted by Gasteiger charge is 2.30. The monoisotopic (exact) mass is 262 g/mol. The van der Waals surface area contributed by atoms with Gasteiger partial charge in [-0.05, 0) is 30.9 Å². The zero-order valence-electron chi connectivity index (χ0n) is 11.0. The van der Waals surface area contributed by atoms with Crippen molar-refractivity contribution in [2.24, 2.45) is 5.92 Å². The summed E-state index contributed by atoms with van der Waals surface area (Å²) in [6.45, 7) is 2.39. The van der Waals surface area contributed by atoms with E-state index in [0.29, 0.717) is 24.1 Å². The Kier molecular flexibility index (Phi) is 3.38. The van der Waals surface area contributed by atoms with Crippen LogP contribution in [-0.2, 0) is 4.74 Å². The maximum absolute atomic E-state index is 10.8. The maximum atomic E-state index is 10.8. The number of carbonyl (C=O) groups excluding carboxylic acids is 1. The number of nitrogens with zero attached hydrogens (tertiary/aromatic N) is 2. The Morgan fingerprint density at radius 2 is 2.21 bits per heavy atom. The van der Waals surface area contributed by atoms with Crippen LogP contribution in [0.2, 0.25) is 0 Å². The summed E-state index contributed by atoms with van der Waals surface area (Å²) < 4.78 is 11.0. The molecule has 0 spiro atoms. The molecule has 1 aromatic rings. The van der Waals surface area contributed by atoms with Gasteiger partial charge in [-0.25, -0.2) is 4.98 Å². The van der Waals surface area contributed by atoms with E-state index in [2.05, 4.69) is 9.88 Å². The zero-order valence-corrected chi connectivity index (χ0v) is 11.0. The molecule has 1 saturated carbocycles. The molecule has 102 valence electrons. The molecule has 1 saturated heterocycles. The first-order chi connectivity index (χ1) is 9.30. The highest BCUT2D eigenvalue weighted by molar-refractivity contribution is 5.74. The summed E-state index contributed by atoms with van der Waals surface area (Å²) in [5.74, 6) is 1.24. The first-order valence-electron chi connectivity index (χ1n) is 6.67. The van der Waals surface area contributed by atoms with Crippen LogP contribution in [0.3, 0.4) is 0 Å². The molecule has 5 nitrogen and oxygen atoms in total. The molecule has 1 aromatic heterocycles. The number of ether oxygens (including phenoxy) is 2. The van der Waals surface area contributed by atoms with Gasteiger partial charge in [0.15, 0.2) is 6.29 Å². The predicted molar refractivity (Wildman–Crippen MR) is 70.9 cm³/mol. The molecule has 0 amide bonds. The molecule has 0 N–H and O–H groups in total. The molecular weight excluding hydrogens is 244 g/mol. The minimum Gasteiger partial charge on any atom is -0.476 e. The van der Waals surface area contributed by atoms with Crippen LogP contribution < -0.4 is 9.64 Å². The first kappa shape index (κ1) is 12.4. The largest absolute Gasteiger partial charge is 0.476 e. The molecule has 2 aliphatic rings. The number of hydrogen-bond donors (Lipinski definition) is 0. The van der Waals surface area contributed by atoms with Crippen molar-refractivity contribution in [3.8, 4) is 5.88 Å². The van der Waals surface area contributed by atoms with E-state index in [0.717, 1.165) is 25.1 Å². The van der Waals surface area contributed by atoms with E-state index >= 15 is 0 Å². The zero-order chi connectivity index (χ0) is 13.2. The average Bonchev–Trinajstić information content (AvgIpc) is 3.20. The second kappa shape index (κ2) is 5.17. The Balaban J connectivity index is 1.74. The van der Waals surface area contributed by atoms with E-state index in [-0.39, 0.29) is 6.10 Å². The van der Waals surface area contributed by atoms with Crippen molar-refractivity contribution in [3.63, 3.8) is 0 Å². The van der Waals surface area contributed by atoms with Gasteiger partial charge in [0.05, 0.1) is 12.7 Å². The van der Waals surface area contributed by atoms with Gasteiger partial charge in [-0.2, -0.15) is 0 Å². The number of hydrogen-bond acceptors (Lipinski definition) is 5. The first-order valence-corrected chi connectivity index (χ1v) is 6.67. The SMILES string of the molecule is COC1CN(c2ccc(C=O)nc2OCC2CC2)C1. The number of anilines is 1. The van der Waals surface area contributed by atoms with Crippen molar-refractivity contribution in [1.29, 1.82) is 0 Å². The third-order valence-electron chi connectivity index (χ3n) is 3.66. The third kappa shape index (κ3) is 2.71. The van der Waals surface area contributed by atoms with Crippen molar-refractivity contribution < 1.29 is 14.3 Å². The fourth-order valence-electron chi connectivity index (χ4n) is 2.13. The highest BCUT2D eigenvalue weighted by Crippen LogP contribution is 2.34. The quantitative estimate of drug-likeness (QED) is 0.727. The fourth-order valence-corrected chi connectivity index (χ4v) is 2.13. The summed E-state index contributed by atoms with van der Waals surface area (Å²) in [6, 6.07) is 3.64. The smallest absolute Gasteiger partial charge is 0.238 e. The van der Waals surface area contributed by atoms with E-state index in [1.807, 2.05) is 6.07 Å². The fraction of sp³-hybridized carbons (Fsp3) is 0.571. The Morgan fingerprint density at radius 1 is 1.42 bits per heavy atom. The van der Waals surface area contributed by atoms with Crippen molar-refractivity contribution in [3.05, 3.63) is 17.8 Å². The lowest BCUT2D eigenvalue weighted by Crippen LogP contribution is -2.52. The number of carbonyl (C=O) groups is 1. The van der Waals surface area contributed by atoms with Crippen LogP contribution >= 0.6 is 0 Å². The van der Waals surface area contributed by atoms with Gasteiger partial charge in [0, 0.05) is 20.2 Å². The third-order valence-corrected chi connectivity index (χ3v) is 3.66. The number of methoxy groups -OCH3 is 1. The second-order valence-corrected chi connectivity index (χ2v) is 5.20.